The van der Waals surface area contributed by atoms with Gasteiger partial charge in [-0.25, -0.2) is 4.79 Å². The standard InChI is InChI=1S/C19H20N2O6/c1-11(18(23)21-13-9-7-12(8-10-13)17(20)22)27-19(24)16-14(25-2)5-4-6-15(16)26-3/h4-11H,1-3H3,(H2,20,22)(H,21,23)/t11-/m0/s1. The van der Waals surface area contributed by atoms with Gasteiger partial charge in [-0.2, -0.15) is 0 Å². The topological polar surface area (TPSA) is 117 Å². The summed E-state index contributed by atoms with van der Waals surface area (Å²) in [6, 6.07) is 10.9. The molecule has 0 radical (unpaired) electrons. The van der Waals surface area contributed by atoms with Crippen LogP contribution in [0.1, 0.15) is 27.6 Å². The van der Waals surface area contributed by atoms with Crippen molar-refractivity contribution in [1.29, 1.82) is 0 Å². The van der Waals surface area contributed by atoms with Crippen LogP contribution in [0.4, 0.5) is 5.69 Å². The lowest BCUT2D eigenvalue weighted by molar-refractivity contribution is -0.123. The number of carbonyl (C=O) groups excluding carboxylic acids is 3. The fourth-order valence-corrected chi connectivity index (χ4v) is 2.29. The molecule has 0 spiro atoms. The molecule has 0 unspecified atom stereocenters. The van der Waals surface area contributed by atoms with Gasteiger partial charge in [0.25, 0.3) is 5.91 Å². The molecule has 8 nitrogen and oxygen atoms in total. The fourth-order valence-electron chi connectivity index (χ4n) is 2.29. The second-order valence-electron chi connectivity index (χ2n) is 5.52. The van der Waals surface area contributed by atoms with Gasteiger partial charge >= 0.3 is 5.97 Å². The minimum atomic E-state index is -1.08. The minimum Gasteiger partial charge on any atom is -0.496 e. The van der Waals surface area contributed by atoms with Crippen molar-refractivity contribution in [2.24, 2.45) is 5.73 Å². The Morgan fingerprint density at radius 1 is 0.963 bits per heavy atom. The molecular formula is C19H20N2O6. The van der Waals surface area contributed by atoms with Crippen molar-refractivity contribution >= 4 is 23.5 Å². The predicted octanol–water partition coefficient (Wildman–Crippen LogP) is 1.99. The van der Waals surface area contributed by atoms with E-state index >= 15 is 0 Å². The Morgan fingerprint density at radius 3 is 2.00 bits per heavy atom. The van der Waals surface area contributed by atoms with Crippen molar-refractivity contribution in [2.75, 3.05) is 19.5 Å². The van der Waals surface area contributed by atoms with E-state index in [1.54, 1.807) is 18.2 Å². The molecule has 0 aromatic heterocycles. The molecule has 0 bridgehead atoms. The van der Waals surface area contributed by atoms with Crippen molar-refractivity contribution in [1.82, 2.24) is 0 Å². The van der Waals surface area contributed by atoms with Crippen LogP contribution < -0.4 is 20.5 Å². The highest BCUT2D eigenvalue weighted by atomic mass is 16.6. The Balaban J connectivity index is 2.08. The number of hydrogen-bond acceptors (Lipinski definition) is 6. The third-order valence-electron chi connectivity index (χ3n) is 3.72. The highest BCUT2D eigenvalue weighted by Gasteiger charge is 2.24. The minimum absolute atomic E-state index is 0.0907. The van der Waals surface area contributed by atoms with Gasteiger partial charge in [0.05, 0.1) is 14.2 Å². The van der Waals surface area contributed by atoms with Gasteiger partial charge < -0.3 is 25.3 Å². The SMILES string of the molecule is COc1cccc(OC)c1C(=O)O[C@@H](C)C(=O)Nc1ccc(C(N)=O)cc1. The van der Waals surface area contributed by atoms with E-state index in [2.05, 4.69) is 5.32 Å². The van der Waals surface area contributed by atoms with Crippen molar-refractivity contribution in [2.45, 2.75) is 13.0 Å². The zero-order valence-corrected chi connectivity index (χ0v) is 15.1. The first-order valence-electron chi connectivity index (χ1n) is 8.00. The van der Waals surface area contributed by atoms with Gasteiger partial charge in [-0.3, -0.25) is 9.59 Å². The number of primary amides is 1. The lowest BCUT2D eigenvalue weighted by Crippen LogP contribution is -2.30. The number of nitrogens with two attached hydrogens (primary N) is 1. The second-order valence-corrected chi connectivity index (χ2v) is 5.52. The molecule has 0 fully saturated rings. The molecule has 2 aromatic carbocycles. The van der Waals surface area contributed by atoms with E-state index in [0.29, 0.717) is 11.3 Å². The Kier molecular flexibility index (Phi) is 6.37. The molecule has 2 aromatic rings. The quantitative estimate of drug-likeness (QED) is 0.718. The van der Waals surface area contributed by atoms with Gasteiger partial charge in [0.2, 0.25) is 5.91 Å². The molecular weight excluding hydrogens is 352 g/mol. The number of rotatable bonds is 7. The molecule has 142 valence electrons. The van der Waals surface area contributed by atoms with E-state index < -0.39 is 23.9 Å². The largest absolute Gasteiger partial charge is 0.496 e. The van der Waals surface area contributed by atoms with Gasteiger partial charge in [-0.15, -0.1) is 0 Å². The molecule has 3 N–H and O–H groups in total. The zero-order valence-electron chi connectivity index (χ0n) is 15.1. The van der Waals surface area contributed by atoms with E-state index in [4.69, 9.17) is 19.9 Å². The highest BCUT2D eigenvalue weighted by Crippen LogP contribution is 2.29. The van der Waals surface area contributed by atoms with E-state index in [-0.39, 0.29) is 17.1 Å². The Hall–Kier alpha value is -3.55. The second kappa shape index (κ2) is 8.70. The van der Waals surface area contributed by atoms with Crippen LogP contribution in [0.3, 0.4) is 0 Å². The van der Waals surface area contributed by atoms with Gasteiger partial charge in [0.15, 0.2) is 6.10 Å². The van der Waals surface area contributed by atoms with Crippen LogP contribution in [0.25, 0.3) is 0 Å². The number of esters is 1. The van der Waals surface area contributed by atoms with Crippen molar-refractivity contribution in [3.05, 3.63) is 53.6 Å². The summed E-state index contributed by atoms with van der Waals surface area (Å²) in [5.74, 6) is -1.32. The van der Waals surface area contributed by atoms with E-state index in [1.807, 2.05) is 0 Å². The van der Waals surface area contributed by atoms with Crippen LogP contribution in [-0.2, 0) is 9.53 Å². The summed E-state index contributed by atoms with van der Waals surface area (Å²) in [4.78, 5) is 35.8. The van der Waals surface area contributed by atoms with Gasteiger partial charge in [0.1, 0.15) is 17.1 Å². The maximum absolute atomic E-state index is 12.5. The third kappa shape index (κ3) is 4.75. The Labute approximate surface area is 156 Å². The number of benzene rings is 2. The summed E-state index contributed by atoms with van der Waals surface area (Å²) >= 11 is 0. The number of nitrogens with one attached hydrogen (secondary N) is 1. The first kappa shape index (κ1) is 19.8. The normalized spacial score (nSPS) is 11.2. The van der Waals surface area contributed by atoms with Crippen LogP contribution >= 0.6 is 0 Å². The Bertz CT molecular complexity index is 826. The van der Waals surface area contributed by atoms with Crippen LogP contribution in [-0.4, -0.2) is 38.1 Å². The maximum Gasteiger partial charge on any atom is 0.346 e. The average Bonchev–Trinajstić information content (AvgIpc) is 2.67. The maximum atomic E-state index is 12.5. The predicted molar refractivity (Wildman–Crippen MR) is 98.0 cm³/mol. The summed E-state index contributed by atoms with van der Waals surface area (Å²) in [6.45, 7) is 1.44. The van der Waals surface area contributed by atoms with E-state index in [0.717, 1.165) is 0 Å². The van der Waals surface area contributed by atoms with Crippen LogP contribution in [0, 0.1) is 0 Å². The summed E-state index contributed by atoms with van der Waals surface area (Å²) < 4.78 is 15.5. The molecule has 0 aliphatic heterocycles. The first-order valence-corrected chi connectivity index (χ1v) is 8.00. The number of anilines is 1. The number of carbonyl (C=O) groups is 3. The fraction of sp³-hybridized carbons (Fsp3) is 0.211. The number of hydrogen-bond donors (Lipinski definition) is 2. The molecule has 2 amide bonds. The lowest BCUT2D eigenvalue weighted by atomic mass is 10.1. The van der Waals surface area contributed by atoms with E-state index in [9.17, 15) is 14.4 Å². The summed E-state index contributed by atoms with van der Waals surface area (Å²) in [5, 5.41) is 2.59. The molecule has 0 aliphatic carbocycles. The van der Waals surface area contributed by atoms with Crippen LogP contribution in [0.5, 0.6) is 11.5 Å². The highest BCUT2D eigenvalue weighted by molar-refractivity contribution is 6.00. The zero-order chi connectivity index (χ0) is 20.0. The number of amides is 2. The molecule has 2 rings (SSSR count). The summed E-state index contributed by atoms with van der Waals surface area (Å²) in [7, 11) is 2.83. The smallest absolute Gasteiger partial charge is 0.346 e. The van der Waals surface area contributed by atoms with Gasteiger partial charge in [-0.05, 0) is 43.3 Å². The van der Waals surface area contributed by atoms with Crippen LogP contribution in [0.15, 0.2) is 42.5 Å². The molecule has 0 saturated carbocycles. The monoisotopic (exact) mass is 372 g/mol. The molecule has 0 aliphatic rings. The molecule has 0 saturated heterocycles. The number of ether oxygens (including phenoxy) is 3. The number of methoxy groups -OCH3 is 2. The first-order chi connectivity index (χ1) is 12.9. The van der Waals surface area contributed by atoms with Crippen molar-refractivity contribution in [3.8, 4) is 11.5 Å². The van der Waals surface area contributed by atoms with Gasteiger partial charge in [-0.1, -0.05) is 6.07 Å². The van der Waals surface area contributed by atoms with Gasteiger partial charge in [0, 0.05) is 11.3 Å². The molecule has 0 heterocycles. The molecule has 8 heteroatoms. The van der Waals surface area contributed by atoms with E-state index in [1.165, 1.54) is 45.4 Å². The molecule has 1 atom stereocenters. The van der Waals surface area contributed by atoms with Crippen LogP contribution in [0.2, 0.25) is 0 Å². The lowest BCUT2D eigenvalue weighted by Gasteiger charge is -2.16. The summed E-state index contributed by atoms with van der Waals surface area (Å²) in [6.07, 6.45) is -1.08. The van der Waals surface area contributed by atoms with Crippen molar-refractivity contribution in [3.63, 3.8) is 0 Å². The average molecular weight is 372 g/mol. The Morgan fingerprint density at radius 2 is 1.52 bits per heavy atom. The summed E-state index contributed by atoms with van der Waals surface area (Å²) in [5.41, 5.74) is 6.01. The molecule has 27 heavy (non-hydrogen) atoms. The third-order valence-corrected chi connectivity index (χ3v) is 3.72. The van der Waals surface area contributed by atoms with Crippen molar-refractivity contribution < 1.29 is 28.6 Å².